The van der Waals surface area contributed by atoms with Crippen molar-refractivity contribution in [3.63, 3.8) is 0 Å². The summed E-state index contributed by atoms with van der Waals surface area (Å²) in [5.41, 5.74) is 1.03. The molecule has 0 saturated heterocycles. The van der Waals surface area contributed by atoms with Crippen molar-refractivity contribution in [3.05, 3.63) is 23.8 Å². The van der Waals surface area contributed by atoms with E-state index < -0.39 is 9.84 Å². The summed E-state index contributed by atoms with van der Waals surface area (Å²) in [6.45, 7) is 1.68. The van der Waals surface area contributed by atoms with Crippen molar-refractivity contribution >= 4 is 9.84 Å². The monoisotopic (exact) mass is 315 g/mol. The second-order valence-electron chi connectivity index (χ2n) is 4.87. The number of nitrogens with one attached hydrogen (secondary N) is 1. The van der Waals surface area contributed by atoms with Crippen LogP contribution in [0, 0.1) is 0 Å². The molecule has 0 fully saturated rings. The van der Waals surface area contributed by atoms with Crippen LogP contribution in [0.3, 0.4) is 0 Å². The molecule has 0 amide bonds. The smallest absolute Gasteiger partial charge is 0.150 e. The molecule has 0 aliphatic rings. The van der Waals surface area contributed by atoms with Gasteiger partial charge < -0.3 is 14.8 Å². The summed E-state index contributed by atoms with van der Waals surface area (Å²) in [5, 5.41) is 3.22. The first kappa shape index (κ1) is 17.8. The third-order valence-electron chi connectivity index (χ3n) is 3.51. The normalized spacial score (nSPS) is 13.0. The molecule has 5 nitrogen and oxygen atoms in total. The quantitative estimate of drug-likeness (QED) is 0.756. The Balaban J connectivity index is 2.80. The minimum Gasteiger partial charge on any atom is -0.497 e. The lowest BCUT2D eigenvalue weighted by Crippen LogP contribution is -2.18. The lowest BCUT2D eigenvalue weighted by molar-refractivity contribution is 0.391. The Morgan fingerprint density at radius 1 is 1.14 bits per heavy atom. The van der Waals surface area contributed by atoms with E-state index in [1.54, 1.807) is 21.1 Å². The summed E-state index contributed by atoms with van der Waals surface area (Å²) in [6, 6.07) is 5.77. The van der Waals surface area contributed by atoms with Crippen molar-refractivity contribution in [2.24, 2.45) is 0 Å². The first-order valence-electron chi connectivity index (χ1n) is 7.06. The van der Waals surface area contributed by atoms with Crippen LogP contribution >= 0.6 is 0 Å². The lowest BCUT2D eigenvalue weighted by Gasteiger charge is -2.18. The first-order valence-corrected chi connectivity index (χ1v) is 8.88. The molecule has 1 unspecified atom stereocenters. The molecule has 21 heavy (non-hydrogen) atoms. The van der Waals surface area contributed by atoms with Gasteiger partial charge >= 0.3 is 0 Å². The molecule has 0 bridgehead atoms. The Bertz CT molecular complexity index is 520. The molecule has 0 spiro atoms. The van der Waals surface area contributed by atoms with E-state index in [1.807, 2.05) is 25.2 Å². The second-order valence-corrected chi connectivity index (χ2v) is 7.34. The van der Waals surface area contributed by atoms with Gasteiger partial charge in [-0.1, -0.05) is 6.92 Å². The highest BCUT2D eigenvalue weighted by Gasteiger charge is 2.14. The minimum atomic E-state index is -2.91. The summed E-state index contributed by atoms with van der Waals surface area (Å²) in [4.78, 5) is 0. The fraction of sp³-hybridized carbons (Fsp3) is 0.600. The third kappa shape index (κ3) is 5.55. The molecule has 120 valence electrons. The van der Waals surface area contributed by atoms with Crippen molar-refractivity contribution in [1.82, 2.24) is 5.32 Å². The van der Waals surface area contributed by atoms with Crippen LogP contribution in [-0.2, 0) is 9.84 Å². The average Bonchev–Trinajstić information content (AvgIpc) is 2.50. The highest BCUT2D eigenvalue weighted by molar-refractivity contribution is 7.91. The fourth-order valence-corrected chi connectivity index (χ4v) is 3.06. The molecule has 0 radical (unpaired) electrons. The maximum Gasteiger partial charge on any atom is 0.150 e. The second kappa shape index (κ2) is 8.24. The van der Waals surface area contributed by atoms with Gasteiger partial charge in [-0.25, -0.2) is 8.42 Å². The van der Waals surface area contributed by atoms with E-state index in [4.69, 9.17) is 9.47 Å². The molecule has 1 aromatic carbocycles. The van der Waals surface area contributed by atoms with Gasteiger partial charge in [-0.2, -0.15) is 0 Å². The Labute approximate surface area is 127 Å². The Hall–Kier alpha value is -1.27. The highest BCUT2D eigenvalue weighted by atomic mass is 32.2. The van der Waals surface area contributed by atoms with Gasteiger partial charge in [0, 0.05) is 17.9 Å². The molecular formula is C15H25NO4S. The maximum atomic E-state index is 11.5. The van der Waals surface area contributed by atoms with Gasteiger partial charge in [0.05, 0.1) is 20.0 Å². The minimum absolute atomic E-state index is 0.0704. The molecule has 1 N–H and O–H groups in total. The van der Waals surface area contributed by atoms with Crippen LogP contribution in [0.4, 0.5) is 0 Å². The van der Waals surface area contributed by atoms with Gasteiger partial charge in [-0.05, 0) is 37.6 Å². The molecule has 0 aliphatic carbocycles. The van der Waals surface area contributed by atoms with Crippen molar-refractivity contribution in [2.45, 2.75) is 25.8 Å². The summed E-state index contributed by atoms with van der Waals surface area (Å²) >= 11 is 0. The van der Waals surface area contributed by atoms with Crippen LogP contribution in [-0.4, -0.2) is 41.2 Å². The number of rotatable bonds is 9. The SMILES string of the molecule is CCS(=O)(=O)CCCC(NC)c1cc(OC)cc(OC)c1. The highest BCUT2D eigenvalue weighted by Crippen LogP contribution is 2.28. The zero-order chi connectivity index (χ0) is 15.9. The van der Waals surface area contributed by atoms with Gasteiger partial charge in [-0.3, -0.25) is 0 Å². The molecule has 1 rings (SSSR count). The van der Waals surface area contributed by atoms with Gasteiger partial charge in [0.25, 0.3) is 0 Å². The predicted octanol–water partition coefficient (Wildman–Crippen LogP) is 2.18. The summed E-state index contributed by atoms with van der Waals surface area (Å²) in [7, 11) is 2.18. The molecule has 0 heterocycles. The van der Waals surface area contributed by atoms with Gasteiger partial charge in [-0.15, -0.1) is 0 Å². The number of benzene rings is 1. The van der Waals surface area contributed by atoms with Crippen LogP contribution < -0.4 is 14.8 Å². The molecule has 6 heteroatoms. The third-order valence-corrected chi connectivity index (χ3v) is 5.30. The van der Waals surface area contributed by atoms with E-state index in [0.717, 1.165) is 23.5 Å². The van der Waals surface area contributed by atoms with E-state index in [2.05, 4.69) is 5.32 Å². The zero-order valence-electron chi connectivity index (χ0n) is 13.2. The average molecular weight is 315 g/mol. The topological polar surface area (TPSA) is 64.6 Å². The van der Waals surface area contributed by atoms with Crippen molar-refractivity contribution in [2.75, 3.05) is 32.8 Å². The number of sulfone groups is 1. The molecule has 0 aliphatic heterocycles. The molecular weight excluding hydrogens is 290 g/mol. The summed E-state index contributed by atoms with van der Waals surface area (Å²) in [5.74, 6) is 1.88. The van der Waals surface area contributed by atoms with Crippen LogP contribution in [0.1, 0.15) is 31.4 Å². The van der Waals surface area contributed by atoms with E-state index in [0.29, 0.717) is 6.42 Å². The molecule has 1 atom stereocenters. The van der Waals surface area contributed by atoms with Crippen LogP contribution in [0.2, 0.25) is 0 Å². The molecule has 0 aromatic heterocycles. The number of methoxy groups -OCH3 is 2. The van der Waals surface area contributed by atoms with Gasteiger partial charge in [0.2, 0.25) is 0 Å². The Morgan fingerprint density at radius 2 is 1.71 bits per heavy atom. The number of hydrogen-bond acceptors (Lipinski definition) is 5. The predicted molar refractivity (Wildman–Crippen MR) is 84.9 cm³/mol. The van der Waals surface area contributed by atoms with Crippen molar-refractivity contribution in [3.8, 4) is 11.5 Å². The lowest BCUT2D eigenvalue weighted by atomic mass is 10.0. The first-order chi connectivity index (χ1) is 9.95. The van der Waals surface area contributed by atoms with E-state index in [9.17, 15) is 8.42 Å². The standard InChI is InChI=1S/C15H25NO4S/c1-5-21(17,18)8-6-7-15(16-2)12-9-13(19-3)11-14(10-12)20-4/h9-11,15-16H,5-8H2,1-4H3. The maximum absolute atomic E-state index is 11.5. The Kier molecular flexibility index (Phi) is 6.98. The molecule has 1 aromatic rings. The number of ether oxygens (including phenoxy) is 2. The fourth-order valence-electron chi connectivity index (χ4n) is 2.16. The summed E-state index contributed by atoms with van der Waals surface area (Å²) in [6.07, 6.45) is 1.37. The van der Waals surface area contributed by atoms with Crippen LogP contribution in [0.15, 0.2) is 18.2 Å². The zero-order valence-corrected chi connectivity index (χ0v) is 14.0. The van der Waals surface area contributed by atoms with E-state index >= 15 is 0 Å². The number of hydrogen-bond donors (Lipinski definition) is 1. The van der Waals surface area contributed by atoms with Crippen molar-refractivity contribution < 1.29 is 17.9 Å². The van der Waals surface area contributed by atoms with Gasteiger partial charge in [0.15, 0.2) is 0 Å². The van der Waals surface area contributed by atoms with Gasteiger partial charge in [0.1, 0.15) is 21.3 Å². The van der Waals surface area contributed by atoms with E-state index in [-0.39, 0.29) is 17.5 Å². The Morgan fingerprint density at radius 3 is 2.14 bits per heavy atom. The van der Waals surface area contributed by atoms with Crippen molar-refractivity contribution in [1.29, 1.82) is 0 Å². The van der Waals surface area contributed by atoms with Crippen LogP contribution in [0.5, 0.6) is 11.5 Å². The largest absolute Gasteiger partial charge is 0.497 e. The summed E-state index contributed by atoms with van der Waals surface area (Å²) < 4.78 is 33.6. The molecule has 0 saturated carbocycles. The van der Waals surface area contributed by atoms with Crippen LogP contribution in [0.25, 0.3) is 0 Å². The van der Waals surface area contributed by atoms with E-state index in [1.165, 1.54) is 0 Å².